The Labute approximate surface area is 136 Å². The first-order valence-electron chi connectivity index (χ1n) is 8.81. The van der Waals surface area contributed by atoms with E-state index in [0.29, 0.717) is 25.9 Å². The molecule has 0 spiro atoms. The van der Waals surface area contributed by atoms with E-state index < -0.39 is 11.7 Å². The third-order valence-corrected chi connectivity index (χ3v) is 5.58. The van der Waals surface area contributed by atoms with Gasteiger partial charge in [0, 0.05) is 19.0 Å². The van der Waals surface area contributed by atoms with E-state index in [1.165, 1.54) is 0 Å². The molecule has 23 heavy (non-hydrogen) atoms. The minimum absolute atomic E-state index is 0.135. The fourth-order valence-electron chi connectivity index (χ4n) is 4.06. The number of nitrogens with zero attached hydrogens (tertiary/aromatic N) is 3. The van der Waals surface area contributed by atoms with Gasteiger partial charge >= 0.3 is 5.69 Å². The molecule has 1 aromatic heterocycles. The number of hydrogen-bond donors (Lipinski definition) is 3. The van der Waals surface area contributed by atoms with Gasteiger partial charge in [-0.2, -0.15) is 5.10 Å². The first-order chi connectivity index (χ1) is 11.0. The van der Waals surface area contributed by atoms with Crippen molar-refractivity contribution in [3.63, 3.8) is 0 Å². The highest BCUT2D eigenvalue weighted by Gasteiger charge is 2.39. The number of aromatic amines is 1. The molecule has 3 rings (SSSR count). The second kappa shape index (κ2) is 6.75. The van der Waals surface area contributed by atoms with Crippen LogP contribution < -0.4 is 5.69 Å². The van der Waals surface area contributed by atoms with Crippen LogP contribution in [-0.2, 0) is 6.54 Å². The van der Waals surface area contributed by atoms with Crippen LogP contribution >= 0.6 is 0 Å². The lowest BCUT2D eigenvalue weighted by atomic mass is 9.92. The fourth-order valence-corrected chi connectivity index (χ4v) is 4.06. The summed E-state index contributed by atoms with van der Waals surface area (Å²) in [5.74, 6) is 1.14. The van der Waals surface area contributed by atoms with Gasteiger partial charge in [-0.1, -0.05) is 12.8 Å². The zero-order valence-corrected chi connectivity index (χ0v) is 13.9. The summed E-state index contributed by atoms with van der Waals surface area (Å²) >= 11 is 0. The van der Waals surface area contributed by atoms with E-state index in [-0.39, 0.29) is 11.6 Å². The first kappa shape index (κ1) is 16.7. The number of nitrogens with one attached hydrogen (secondary N) is 1. The van der Waals surface area contributed by atoms with Gasteiger partial charge in [0.05, 0.1) is 11.7 Å². The largest absolute Gasteiger partial charge is 0.389 e. The van der Waals surface area contributed by atoms with Gasteiger partial charge in [-0.3, -0.25) is 4.57 Å². The molecule has 3 N–H and O–H groups in total. The molecule has 0 amide bonds. The number of likely N-dealkylation sites (tertiary alicyclic amines) is 1. The second-order valence-electron chi connectivity index (χ2n) is 7.03. The molecule has 7 heteroatoms. The maximum absolute atomic E-state index is 11.7. The van der Waals surface area contributed by atoms with Crippen molar-refractivity contribution in [3.8, 4) is 0 Å². The predicted molar refractivity (Wildman–Crippen MR) is 86.4 cm³/mol. The lowest BCUT2D eigenvalue weighted by Gasteiger charge is -2.36. The molecule has 7 nitrogen and oxygen atoms in total. The Kier molecular flexibility index (Phi) is 4.89. The molecule has 1 unspecified atom stereocenters. The van der Waals surface area contributed by atoms with Gasteiger partial charge in [-0.25, -0.2) is 9.89 Å². The van der Waals surface area contributed by atoms with Crippen LogP contribution in [0.25, 0.3) is 0 Å². The highest BCUT2D eigenvalue weighted by molar-refractivity contribution is 5.00. The summed E-state index contributed by atoms with van der Waals surface area (Å²) in [5, 5.41) is 27.6. The molecule has 1 aliphatic carbocycles. The van der Waals surface area contributed by atoms with Crippen molar-refractivity contribution >= 4 is 0 Å². The molecule has 2 aliphatic rings. The van der Waals surface area contributed by atoms with Gasteiger partial charge in [-0.15, -0.1) is 0 Å². The van der Waals surface area contributed by atoms with Crippen molar-refractivity contribution in [2.45, 2.75) is 69.6 Å². The molecule has 0 bridgehead atoms. The Bertz CT molecular complexity index is 568. The number of aromatic nitrogens is 3. The smallest absolute Gasteiger partial charge is 0.343 e. The summed E-state index contributed by atoms with van der Waals surface area (Å²) in [6.07, 6.45) is 4.61. The minimum atomic E-state index is -0.887. The van der Waals surface area contributed by atoms with Crippen molar-refractivity contribution in [1.82, 2.24) is 19.7 Å². The van der Waals surface area contributed by atoms with E-state index in [1.54, 1.807) is 4.57 Å². The molecule has 1 atom stereocenters. The van der Waals surface area contributed by atoms with E-state index in [9.17, 15) is 15.0 Å². The first-order valence-corrected chi connectivity index (χ1v) is 8.81. The van der Waals surface area contributed by atoms with E-state index >= 15 is 0 Å². The quantitative estimate of drug-likeness (QED) is 0.730. The minimum Gasteiger partial charge on any atom is -0.389 e. The van der Waals surface area contributed by atoms with Gasteiger partial charge in [0.25, 0.3) is 0 Å². The Morgan fingerprint density at radius 3 is 2.61 bits per heavy atom. The van der Waals surface area contributed by atoms with Crippen LogP contribution in [0.2, 0.25) is 0 Å². The van der Waals surface area contributed by atoms with Crippen LogP contribution in [0.3, 0.4) is 0 Å². The maximum Gasteiger partial charge on any atom is 0.343 e. The normalized spacial score (nSPS) is 24.1. The summed E-state index contributed by atoms with van der Waals surface area (Å²) in [6.45, 7) is 4.85. The molecule has 2 heterocycles. The SMILES string of the molecule is CCn1c(C2CCN(CC(O)C3(O)CCCC3)CC2)n[nH]c1=O. The molecular formula is C16H28N4O3. The van der Waals surface area contributed by atoms with Crippen molar-refractivity contribution in [2.24, 2.45) is 0 Å². The molecule has 0 aromatic carbocycles. The number of β-amino-alcohol motifs (C(OH)–C–C–N with tert-alkyl or cyclic N) is 1. The summed E-state index contributed by atoms with van der Waals surface area (Å²) in [5.41, 5.74) is -1.02. The third kappa shape index (κ3) is 3.36. The van der Waals surface area contributed by atoms with Crippen LogP contribution in [0.5, 0.6) is 0 Å². The van der Waals surface area contributed by atoms with Crippen molar-refractivity contribution in [3.05, 3.63) is 16.3 Å². The predicted octanol–water partition coefficient (Wildman–Crippen LogP) is 0.437. The monoisotopic (exact) mass is 324 g/mol. The summed E-state index contributed by atoms with van der Waals surface area (Å²) in [6, 6.07) is 0. The zero-order chi connectivity index (χ0) is 16.4. The summed E-state index contributed by atoms with van der Waals surface area (Å²) in [4.78, 5) is 13.9. The molecular weight excluding hydrogens is 296 g/mol. The summed E-state index contributed by atoms with van der Waals surface area (Å²) < 4.78 is 1.70. The van der Waals surface area contributed by atoms with Gasteiger partial charge in [0.2, 0.25) is 0 Å². The molecule has 2 fully saturated rings. The zero-order valence-electron chi connectivity index (χ0n) is 13.9. The lowest BCUT2D eigenvalue weighted by Crippen LogP contribution is -2.48. The Balaban J connectivity index is 1.55. The summed E-state index contributed by atoms with van der Waals surface area (Å²) in [7, 11) is 0. The van der Waals surface area contributed by atoms with Gasteiger partial charge in [0.1, 0.15) is 5.82 Å². The second-order valence-corrected chi connectivity index (χ2v) is 7.03. The van der Waals surface area contributed by atoms with Crippen LogP contribution in [0.4, 0.5) is 0 Å². The fraction of sp³-hybridized carbons (Fsp3) is 0.875. The molecule has 1 saturated heterocycles. The van der Waals surface area contributed by atoms with Crippen LogP contribution in [-0.4, -0.2) is 61.2 Å². The number of hydrogen-bond acceptors (Lipinski definition) is 5. The third-order valence-electron chi connectivity index (χ3n) is 5.58. The van der Waals surface area contributed by atoms with Gasteiger partial charge < -0.3 is 15.1 Å². The average molecular weight is 324 g/mol. The highest BCUT2D eigenvalue weighted by atomic mass is 16.3. The van der Waals surface area contributed by atoms with Gasteiger partial charge in [-0.05, 0) is 45.7 Å². The average Bonchev–Trinajstić information content (AvgIpc) is 3.15. The van der Waals surface area contributed by atoms with E-state index in [2.05, 4.69) is 15.1 Å². The number of H-pyrrole nitrogens is 1. The molecule has 130 valence electrons. The topological polar surface area (TPSA) is 94.4 Å². The Morgan fingerprint density at radius 1 is 1.35 bits per heavy atom. The van der Waals surface area contributed by atoms with E-state index in [1.807, 2.05) is 6.92 Å². The van der Waals surface area contributed by atoms with Crippen LogP contribution in [0.1, 0.15) is 57.2 Å². The number of piperidine rings is 1. The molecule has 0 radical (unpaired) electrons. The molecule has 1 aliphatic heterocycles. The van der Waals surface area contributed by atoms with Crippen LogP contribution in [0.15, 0.2) is 4.79 Å². The lowest BCUT2D eigenvalue weighted by molar-refractivity contribution is -0.0832. The maximum atomic E-state index is 11.7. The van der Waals surface area contributed by atoms with E-state index in [0.717, 1.165) is 44.6 Å². The number of aliphatic hydroxyl groups is 2. The molecule has 1 saturated carbocycles. The number of aliphatic hydroxyl groups excluding tert-OH is 1. The van der Waals surface area contributed by atoms with Crippen molar-refractivity contribution in [1.29, 1.82) is 0 Å². The van der Waals surface area contributed by atoms with Crippen LogP contribution in [0, 0.1) is 0 Å². The molecule has 1 aromatic rings. The standard InChI is InChI=1S/C16H28N4O3/c1-2-20-14(17-18-15(20)22)12-5-9-19(10-6-12)11-13(21)16(23)7-3-4-8-16/h12-13,21,23H,2-11H2,1H3,(H,18,22). The Hall–Kier alpha value is -1.18. The number of rotatable bonds is 5. The van der Waals surface area contributed by atoms with E-state index in [4.69, 9.17) is 0 Å². The van der Waals surface area contributed by atoms with Crippen molar-refractivity contribution in [2.75, 3.05) is 19.6 Å². The van der Waals surface area contributed by atoms with Gasteiger partial charge in [0.15, 0.2) is 0 Å². The Morgan fingerprint density at radius 2 is 2.00 bits per heavy atom. The highest BCUT2D eigenvalue weighted by Crippen LogP contribution is 2.33. The van der Waals surface area contributed by atoms with Crippen molar-refractivity contribution < 1.29 is 10.2 Å².